The lowest BCUT2D eigenvalue weighted by Crippen LogP contribution is -2.55. The molecule has 1 aliphatic heterocycles. The van der Waals surface area contributed by atoms with E-state index in [1.54, 1.807) is 23.1 Å². The Kier molecular flexibility index (Phi) is 4.35. The van der Waals surface area contributed by atoms with Crippen molar-refractivity contribution < 1.29 is 15.0 Å². The third-order valence-electron chi connectivity index (χ3n) is 4.05. The van der Waals surface area contributed by atoms with Gasteiger partial charge in [-0.1, -0.05) is 6.07 Å². The number of aromatic hydroxyl groups is 1. The number of aryl methyl sites for hydroxylation is 2. The molecular weight excluding hydrogens is 308 g/mol. The molecule has 0 saturated carbocycles. The Hall–Kier alpha value is -2.67. The number of nitrogens with one attached hydrogen (secondary N) is 1. The summed E-state index contributed by atoms with van der Waals surface area (Å²) in [7, 11) is 0. The number of nitrogens with zero attached hydrogens (tertiary/aromatic N) is 3. The zero-order valence-corrected chi connectivity index (χ0v) is 13.7. The molecule has 2 aromatic rings. The van der Waals surface area contributed by atoms with Gasteiger partial charge in [0.2, 0.25) is 5.91 Å². The fraction of sp³-hybridized carbons (Fsp3) is 0.353. The number of anilines is 1. The summed E-state index contributed by atoms with van der Waals surface area (Å²) >= 11 is 0. The van der Waals surface area contributed by atoms with Gasteiger partial charge in [0.05, 0.1) is 24.9 Å². The lowest BCUT2D eigenvalue weighted by Gasteiger charge is -2.32. The molecule has 0 radical (unpaired) electrons. The summed E-state index contributed by atoms with van der Waals surface area (Å²) in [6, 6.07) is 6.91. The lowest BCUT2D eigenvalue weighted by molar-refractivity contribution is -0.121. The second-order valence-corrected chi connectivity index (χ2v) is 6.08. The maximum atomic E-state index is 11.7. The van der Waals surface area contributed by atoms with Crippen molar-refractivity contribution in [3.63, 3.8) is 0 Å². The zero-order chi connectivity index (χ0) is 17.3. The number of phenolic OH excluding ortho intramolecular Hbond substituents is 1. The van der Waals surface area contributed by atoms with E-state index in [1.807, 2.05) is 19.9 Å². The first kappa shape index (κ1) is 16.2. The molecule has 0 aliphatic carbocycles. The average Bonchev–Trinajstić information content (AvgIpc) is 2.54. The number of phenols is 1. The highest BCUT2D eigenvalue weighted by atomic mass is 16.3. The van der Waals surface area contributed by atoms with E-state index >= 15 is 0 Å². The number of benzene rings is 1. The van der Waals surface area contributed by atoms with E-state index in [0.717, 1.165) is 11.1 Å². The van der Waals surface area contributed by atoms with Crippen LogP contribution >= 0.6 is 0 Å². The molecule has 3 rings (SSSR count). The average molecular weight is 328 g/mol. The van der Waals surface area contributed by atoms with E-state index in [1.165, 1.54) is 0 Å². The highest BCUT2D eigenvalue weighted by Crippen LogP contribution is 2.32. The van der Waals surface area contributed by atoms with Crippen LogP contribution in [0.3, 0.4) is 0 Å². The maximum Gasteiger partial charge on any atom is 0.239 e. The molecule has 1 atom stereocenters. The fourth-order valence-electron chi connectivity index (χ4n) is 3.01. The van der Waals surface area contributed by atoms with Crippen molar-refractivity contribution in [1.82, 2.24) is 15.5 Å². The Morgan fingerprint density at radius 2 is 2.08 bits per heavy atom. The van der Waals surface area contributed by atoms with Gasteiger partial charge in [0, 0.05) is 12.1 Å². The van der Waals surface area contributed by atoms with Crippen molar-refractivity contribution in [2.45, 2.75) is 19.9 Å². The number of piperazine rings is 1. The number of carbonyl (C=O) groups is 1. The first-order valence-electron chi connectivity index (χ1n) is 7.77. The summed E-state index contributed by atoms with van der Waals surface area (Å²) in [4.78, 5) is 13.5. The standard InChI is InChI=1S/C17H20N4O3/c1-10-5-11(2)17(14(23)6-10)13-3-4-15(20-19-13)21-7-12(9-22)18-16(24)8-21/h3-6,12,22-23H,7-9H2,1-2H3,(H,18,24)/t12-/m1/s1. The fourth-order valence-corrected chi connectivity index (χ4v) is 3.01. The van der Waals surface area contributed by atoms with Gasteiger partial charge in [-0.05, 0) is 43.2 Å². The van der Waals surface area contributed by atoms with Gasteiger partial charge in [-0.2, -0.15) is 0 Å². The van der Waals surface area contributed by atoms with Crippen molar-refractivity contribution in [3.8, 4) is 17.0 Å². The van der Waals surface area contributed by atoms with E-state index < -0.39 is 0 Å². The smallest absolute Gasteiger partial charge is 0.239 e. The number of rotatable bonds is 3. The molecule has 126 valence electrons. The minimum Gasteiger partial charge on any atom is -0.507 e. The molecule has 0 spiro atoms. The largest absolute Gasteiger partial charge is 0.507 e. The molecule has 7 heteroatoms. The van der Waals surface area contributed by atoms with Gasteiger partial charge < -0.3 is 20.4 Å². The third-order valence-corrected chi connectivity index (χ3v) is 4.05. The monoisotopic (exact) mass is 328 g/mol. The Balaban J connectivity index is 1.87. The highest BCUT2D eigenvalue weighted by molar-refractivity contribution is 5.82. The number of hydrogen-bond donors (Lipinski definition) is 3. The van der Waals surface area contributed by atoms with E-state index in [9.17, 15) is 15.0 Å². The minimum absolute atomic E-state index is 0.121. The highest BCUT2D eigenvalue weighted by Gasteiger charge is 2.25. The van der Waals surface area contributed by atoms with Crippen LogP contribution in [0.1, 0.15) is 11.1 Å². The van der Waals surface area contributed by atoms with Crippen LogP contribution in [0, 0.1) is 13.8 Å². The van der Waals surface area contributed by atoms with Crippen LogP contribution in [0.15, 0.2) is 24.3 Å². The number of hydrogen-bond acceptors (Lipinski definition) is 6. The number of aliphatic hydroxyl groups excluding tert-OH is 1. The number of carbonyl (C=O) groups excluding carboxylic acids is 1. The predicted octanol–water partition coefficient (Wildman–Crippen LogP) is 0.763. The predicted molar refractivity (Wildman–Crippen MR) is 89.8 cm³/mol. The van der Waals surface area contributed by atoms with E-state index in [-0.39, 0.29) is 30.9 Å². The van der Waals surface area contributed by atoms with Crippen LogP contribution in [-0.4, -0.2) is 52.1 Å². The van der Waals surface area contributed by atoms with Gasteiger partial charge in [0.25, 0.3) is 0 Å². The molecular formula is C17H20N4O3. The quantitative estimate of drug-likeness (QED) is 0.769. The van der Waals surface area contributed by atoms with Crippen molar-refractivity contribution in [2.24, 2.45) is 0 Å². The maximum absolute atomic E-state index is 11.7. The van der Waals surface area contributed by atoms with Crippen molar-refractivity contribution in [1.29, 1.82) is 0 Å². The van der Waals surface area contributed by atoms with Crippen LogP contribution < -0.4 is 10.2 Å². The molecule has 2 heterocycles. The third kappa shape index (κ3) is 3.16. The molecule has 1 saturated heterocycles. The summed E-state index contributed by atoms with van der Waals surface area (Å²) in [5.41, 5.74) is 3.14. The van der Waals surface area contributed by atoms with Crippen LogP contribution in [0.5, 0.6) is 5.75 Å². The molecule has 3 N–H and O–H groups in total. The lowest BCUT2D eigenvalue weighted by atomic mass is 10.0. The summed E-state index contributed by atoms with van der Waals surface area (Å²) < 4.78 is 0. The number of aliphatic hydroxyl groups is 1. The second-order valence-electron chi connectivity index (χ2n) is 6.08. The molecule has 24 heavy (non-hydrogen) atoms. The number of amides is 1. The van der Waals surface area contributed by atoms with E-state index in [4.69, 9.17) is 0 Å². The molecule has 1 amide bonds. The Labute approximate surface area is 140 Å². The molecule has 1 aliphatic rings. The summed E-state index contributed by atoms with van der Waals surface area (Å²) in [6.07, 6.45) is 0. The SMILES string of the molecule is Cc1cc(C)c(-c2ccc(N3CC(=O)N[C@@H](CO)C3)nn2)c(O)c1. The number of aromatic nitrogens is 2. The van der Waals surface area contributed by atoms with Gasteiger partial charge >= 0.3 is 0 Å². The molecule has 7 nitrogen and oxygen atoms in total. The van der Waals surface area contributed by atoms with Crippen molar-refractivity contribution in [2.75, 3.05) is 24.6 Å². The summed E-state index contributed by atoms with van der Waals surface area (Å²) in [5.74, 6) is 0.585. The molecule has 1 aromatic carbocycles. The zero-order valence-electron chi connectivity index (χ0n) is 13.7. The molecule has 0 bridgehead atoms. The van der Waals surface area contributed by atoms with E-state index in [0.29, 0.717) is 23.6 Å². The Bertz CT molecular complexity index is 738. The van der Waals surface area contributed by atoms with Crippen LogP contribution in [0.25, 0.3) is 11.3 Å². The van der Waals surface area contributed by atoms with Crippen LogP contribution in [-0.2, 0) is 4.79 Å². The van der Waals surface area contributed by atoms with Gasteiger partial charge in [0.1, 0.15) is 5.75 Å². The minimum atomic E-state index is -0.309. The van der Waals surface area contributed by atoms with Crippen molar-refractivity contribution in [3.05, 3.63) is 35.4 Å². The molecule has 1 fully saturated rings. The Morgan fingerprint density at radius 1 is 1.29 bits per heavy atom. The first-order valence-corrected chi connectivity index (χ1v) is 7.77. The summed E-state index contributed by atoms with van der Waals surface area (Å²) in [5, 5.41) is 30.5. The van der Waals surface area contributed by atoms with Crippen LogP contribution in [0.4, 0.5) is 5.82 Å². The van der Waals surface area contributed by atoms with E-state index in [2.05, 4.69) is 15.5 Å². The first-order chi connectivity index (χ1) is 11.5. The Morgan fingerprint density at radius 3 is 2.71 bits per heavy atom. The van der Waals surface area contributed by atoms with Gasteiger partial charge in [-0.15, -0.1) is 10.2 Å². The molecule has 1 aromatic heterocycles. The van der Waals surface area contributed by atoms with Gasteiger partial charge in [-0.3, -0.25) is 4.79 Å². The second kappa shape index (κ2) is 6.45. The summed E-state index contributed by atoms with van der Waals surface area (Å²) in [6.45, 7) is 4.37. The molecule has 0 unspecified atom stereocenters. The van der Waals surface area contributed by atoms with Crippen molar-refractivity contribution >= 4 is 11.7 Å². The van der Waals surface area contributed by atoms with Crippen LogP contribution in [0.2, 0.25) is 0 Å². The van der Waals surface area contributed by atoms with Gasteiger partial charge in [0.15, 0.2) is 5.82 Å². The normalized spacial score (nSPS) is 17.7. The topological polar surface area (TPSA) is 98.6 Å². The van der Waals surface area contributed by atoms with Gasteiger partial charge in [-0.25, -0.2) is 0 Å².